The summed E-state index contributed by atoms with van der Waals surface area (Å²) in [5, 5.41) is 9.99. The fraction of sp³-hybridized carbons (Fsp3) is 0.538. The van der Waals surface area contributed by atoms with Crippen molar-refractivity contribution in [3.05, 3.63) is 58.6 Å². The van der Waals surface area contributed by atoms with Gasteiger partial charge in [-0.05, 0) is 55.7 Å². The summed E-state index contributed by atoms with van der Waals surface area (Å²) >= 11 is 5.98. The number of aliphatic hydroxyl groups excluding tert-OH is 1. The molecule has 2 aromatic rings. The van der Waals surface area contributed by atoms with Crippen molar-refractivity contribution in [2.24, 2.45) is 5.92 Å². The molecule has 0 bridgehead atoms. The lowest BCUT2D eigenvalue weighted by molar-refractivity contribution is -0.0732. The van der Waals surface area contributed by atoms with Gasteiger partial charge in [-0.3, -0.25) is 4.90 Å². The maximum absolute atomic E-state index is 15.5. The third kappa shape index (κ3) is 5.31. The van der Waals surface area contributed by atoms with Crippen molar-refractivity contribution in [1.29, 1.82) is 0 Å². The first-order valence-electron chi connectivity index (χ1n) is 12.8. The van der Waals surface area contributed by atoms with Crippen molar-refractivity contribution in [2.45, 2.75) is 41.1 Å². The van der Waals surface area contributed by atoms with Crippen LogP contribution in [0.1, 0.15) is 24.8 Å². The van der Waals surface area contributed by atoms with E-state index in [0.717, 1.165) is 12.1 Å². The van der Waals surface area contributed by atoms with Crippen molar-refractivity contribution >= 4 is 31.3 Å². The maximum atomic E-state index is 15.5. The van der Waals surface area contributed by atoms with Crippen LogP contribution in [-0.2, 0) is 29.2 Å². The quantitative estimate of drug-likeness (QED) is 0.489. The Labute approximate surface area is 231 Å². The van der Waals surface area contributed by atoms with Crippen LogP contribution in [0.5, 0.6) is 5.75 Å². The Morgan fingerprint density at radius 2 is 1.77 bits per heavy atom. The molecule has 2 saturated heterocycles. The lowest BCUT2D eigenvalue weighted by Gasteiger charge is -2.50. The van der Waals surface area contributed by atoms with Crippen LogP contribution >= 0.6 is 11.6 Å². The van der Waals surface area contributed by atoms with Crippen molar-refractivity contribution in [1.82, 2.24) is 4.90 Å². The van der Waals surface area contributed by atoms with E-state index in [0.29, 0.717) is 24.5 Å². The molecule has 1 N–H and O–H groups in total. The molecule has 214 valence electrons. The first kappa shape index (κ1) is 28.7. The van der Waals surface area contributed by atoms with Crippen LogP contribution in [-0.4, -0.2) is 83.4 Å². The SMILES string of the molecule is O=S(=O)(CC[C@@H]1OCC[C@@]2(S(=O)(=O)c3ccc(Cl)cc3)c3c(F)ccc(F)c3OC[C@@H]12)CCN1CC[C@H](O)C1. The Kier molecular flexibility index (Phi) is 7.99. The van der Waals surface area contributed by atoms with Gasteiger partial charge < -0.3 is 14.6 Å². The van der Waals surface area contributed by atoms with E-state index in [4.69, 9.17) is 21.1 Å². The second-order valence-corrected chi connectivity index (χ2v) is 15.3. The van der Waals surface area contributed by atoms with Gasteiger partial charge in [0.05, 0.1) is 40.8 Å². The fourth-order valence-corrected chi connectivity index (χ4v) is 9.82. The predicted octanol–water partition coefficient (Wildman–Crippen LogP) is 2.96. The summed E-state index contributed by atoms with van der Waals surface area (Å²) in [5.74, 6) is -3.66. The van der Waals surface area contributed by atoms with E-state index in [-0.39, 0.29) is 49.0 Å². The molecule has 3 aliphatic rings. The number of hydrogen-bond acceptors (Lipinski definition) is 8. The number of ether oxygens (including phenoxy) is 2. The van der Waals surface area contributed by atoms with Crippen LogP contribution in [0.2, 0.25) is 5.02 Å². The molecule has 0 saturated carbocycles. The summed E-state index contributed by atoms with van der Waals surface area (Å²) in [4.78, 5) is 1.77. The summed E-state index contributed by atoms with van der Waals surface area (Å²) in [6.07, 6.45) is -0.970. The van der Waals surface area contributed by atoms with E-state index < -0.39 is 65.5 Å². The Balaban J connectivity index is 1.48. The number of nitrogens with zero attached hydrogens (tertiary/aromatic N) is 1. The van der Waals surface area contributed by atoms with Crippen LogP contribution in [0.3, 0.4) is 0 Å². The molecule has 0 aromatic heterocycles. The maximum Gasteiger partial charge on any atom is 0.189 e. The molecule has 3 heterocycles. The van der Waals surface area contributed by atoms with Gasteiger partial charge in [-0.2, -0.15) is 0 Å². The molecule has 0 unspecified atom stereocenters. The van der Waals surface area contributed by atoms with Crippen LogP contribution in [0, 0.1) is 17.6 Å². The average molecular weight is 606 g/mol. The van der Waals surface area contributed by atoms with Gasteiger partial charge in [0.15, 0.2) is 31.2 Å². The van der Waals surface area contributed by atoms with E-state index in [1.54, 1.807) is 0 Å². The third-order valence-corrected chi connectivity index (χ3v) is 12.5. The molecule has 0 amide bonds. The van der Waals surface area contributed by atoms with Gasteiger partial charge in [-0.1, -0.05) is 11.6 Å². The summed E-state index contributed by atoms with van der Waals surface area (Å²) in [7, 11) is -7.93. The zero-order valence-corrected chi connectivity index (χ0v) is 23.5. The average Bonchev–Trinajstić information content (AvgIpc) is 3.33. The molecule has 39 heavy (non-hydrogen) atoms. The lowest BCUT2D eigenvalue weighted by atomic mass is 9.75. The zero-order chi connectivity index (χ0) is 28.0. The van der Waals surface area contributed by atoms with Gasteiger partial charge in [-0.25, -0.2) is 25.6 Å². The van der Waals surface area contributed by atoms with Crippen LogP contribution in [0.4, 0.5) is 8.78 Å². The van der Waals surface area contributed by atoms with Gasteiger partial charge in [0, 0.05) is 37.2 Å². The summed E-state index contributed by atoms with van der Waals surface area (Å²) in [6.45, 7) is 0.928. The minimum absolute atomic E-state index is 0.0386. The smallest absolute Gasteiger partial charge is 0.189 e. The molecule has 5 rings (SSSR count). The molecule has 4 atom stereocenters. The molecule has 2 aromatic carbocycles. The number of hydrogen-bond donors (Lipinski definition) is 1. The predicted molar refractivity (Wildman–Crippen MR) is 140 cm³/mol. The van der Waals surface area contributed by atoms with E-state index in [9.17, 15) is 26.3 Å². The Morgan fingerprint density at radius 3 is 2.46 bits per heavy atom. The standard InChI is InChI=1S/C26H30ClF2NO7S2/c27-17-1-3-19(4-2-17)39(34,35)26-9-12-36-23(8-13-38(32,33)14-11-30-10-7-18(31)15-30)20(26)16-37-25-22(29)6-5-21(28)24(25)26/h1-6,18,20,23,31H,7-16H2/t18-,20-,23-,26-/m0/s1. The molecular weight excluding hydrogens is 576 g/mol. The Bertz CT molecular complexity index is 1440. The summed E-state index contributed by atoms with van der Waals surface area (Å²) in [6, 6.07) is 7.22. The largest absolute Gasteiger partial charge is 0.490 e. The summed E-state index contributed by atoms with van der Waals surface area (Å²) in [5.41, 5.74) is -0.391. The molecular formula is C26H30ClF2NO7S2. The monoisotopic (exact) mass is 605 g/mol. The fourth-order valence-electron chi connectivity index (χ4n) is 6.02. The van der Waals surface area contributed by atoms with Crippen LogP contribution in [0.25, 0.3) is 0 Å². The van der Waals surface area contributed by atoms with Gasteiger partial charge in [-0.15, -0.1) is 0 Å². The minimum Gasteiger partial charge on any atom is -0.490 e. The lowest BCUT2D eigenvalue weighted by Crippen LogP contribution is -2.57. The van der Waals surface area contributed by atoms with Crippen molar-refractivity contribution < 1.29 is 40.2 Å². The van der Waals surface area contributed by atoms with Crippen molar-refractivity contribution in [3.63, 3.8) is 0 Å². The summed E-state index contributed by atoms with van der Waals surface area (Å²) < 4.78 is 94.3. The molecule has 8 nitrogen and oxygen atoms in total. The Morgan fingerprint density at radius 1 is 1.05 bits per heavy atom. The number of sulfone groups is 2. The first-order valence-corrected chi connectivity index (χ1v) is 16.5. The number of likely N-dealkylation sites (tertiary alicyclic amines) is 1. The number of fused-ring (bicyclic) bond motifs is 3. The topological polar surface area (TPSA) is 110 Å². The van der Waals surface area contributed by atoms with Crippen LogP contribution in [0.15, 0.2) is 41.3 Å². The molecule has 0 aliphatic carbocycles. The Hall–Kier alpha value is -1.83. The second kappa shape index (κ2) is 10.9. The highest BCUT2D eigenvalue weighted by Crippen LogP contribution is 2.55. The highest BCUT2D eigenvalue weighted by molar-refractivity contribution is 7.92. The molecule has 2 fully saturated rings. The molecule has 0 radical (unpaired) electrons. The van der Waals surface area contributed by atoms with Crippen molar-refractivity contribution in [2.75, 3.05) is 44.4 Å². The first-order chi connectivity index (χ1) is 18.4. The number of β-amino-alcohol motifs (C(OH)–C–C–N with tert-alkyl or cyclic N) is 1. The molecule has 0 spiro atoms. The number of rotatable bonds is 8. The molecule has 3 aliphatic heterocycles. The van der Waals surface area contributed by atoms with Gasteiger partial charge >= 0.3 is 0 Å². The third-order valence-electron chi connectivity index (χ3n) is 8.03. The van der Waals surface area contributed by atoms with E-state index >= 15 is 4.39 Å². The second-order valence-electron chi connectivity index (χ2n) is 10.3. The zero-order valence-electron chi connectivity index (χ0n) is 21.1. The minimum atomic E-state index is -4.37. The highest BCUT2D eigenvalue weighted by atomic mass is 35.5. The number of halogens is 3. The van der Waals surface area contributed by atoms with Gasteiger partial charge in [0.25, 0.3) is 0 Å². The van der Waals surface area contributed by atoms with E-state index in [1.807, 2.05) is 4.90 Å². The normalized spacial score (nSPS) is 27.5. The van der Waals surface area contributed by atoms with E-state index in [2.05, 4.69) is 0 Å². The highest BCUT2D eigenvalue weighted by Gasteiger charge is 2.61. The molecule has 13 heteroatoms. The van der Waals surface area contributed by atoms with Gasteiger partial charge in [0.2, 0.25) is 0 Å². The van der Waals surface area contributed by atoms with Crippen LogP contribution < -0.4 is 4.74 Å². The van der Waals surface area contributed by atoms with E-state index in [1.165, 1.54) is 24.3 Å². The van der Waals surface area contributed by atoms with Gasteiger partial charge in [0.1, 0.15) is 10.6 Å². The number of benzene rings is 2. The number of aliphatic hydroxyl groups is 1. The van der Waals surface area contributed by atoms with Crippen molar-refractivity contribution in [3.8, 4) is 5.75 Å².